The maximum atomic E-state index is 12.7. The predicted molar refractivity (Wildman–Crippen MR) is 191 cm³/mol. The minimum absolute atomic E-state index is 0.0305. The number of imidazole rings is 1. The number of hydrogen-bond donors (Lipinski definition) is 9. The van der Waals surface area contributed by atoms with Gasteiger partial charge in [0.2, 0.25) is 16.9 Å². The van der Waals surface area contributed by atoms with Crippen LogP contribution in [0.5, 0.6) is 0 Å². The molecule has 1 fully saturated rings. The standard InChI is InChI=1S/C27H44N7O17P3S/c1-4-5-6-7-18(36)55-11-10-29-17(35)8-9-30-25(39)22(38)27(2,3)13-48-54(45,46)51-53(43,44)47-12-16-21(50-52(40,41)42)20(37)26(49-16)34-15-33-19-23(28)31-14-32-24(19)34/h6-7,14-16,20-22,26,37-38H,4-5,8-13H2,1-3H3,(H,29,35)(H,30,39)(H,43,44)(H,45,46)(H2,28,31,32)(H2,40,41,42)/t16-,20-,21-,22+,26-/m1/s1. The third-order valence-corrected chi connectivity index (χ3v) is 11.4. The summed E-state index contributed by atoms with van der Waals surface area (Å²) >= 11 is 1.03. The Morgan fingerprint density at radius 3 is 2.45 bits per heavy atom. The summed E-state index contributed by atoms with van der Waals surface area (Å²) in [7, 11) is -16.4. The molecule has 310 valence electrons. The minimum atomic E-state index is -5.57. The van der Waals surface area contributed by atoms with Crippen LogP contribution in [-0.2, 0) is 50.7 Å². The predicted octanol–water partition coefficient (Wildman–Crippen LogP) is 0.0210. The first-order valence-electron chi connectivity index (χ1n) is 16.3. The monoisotopic (exact) mass is 863 g/mol. The largest absolute Gasteiger partial charge is 0.481 e. The number of nitrogens with one attached hydrogen (secondary N) is 2. The van der Waals surface area contributed by atoms with Crippen molar-refractivity contribution in [2.24, 2.45) is 5.41 Å². The van der Waals surface area contributed by atoms with Gasteiger partial charge in [0, 0.05) is 30.7 Å². The fourth-order valence-electron chi connectivity index (χ4n) is 4.68. The number of nitrogens with two attached hydrogens (primary N) is 1. The fraction of sp³-hybridized carbons (Fsp3) is 0.630. The Labute approximate surface area is 318 Å². The van der Waals surface area contributed by atoms with E-state index in [1.165, 1.54) is 19.9 Å². The van der Waals surface area contributed by atoms with Crippen molar-refractivity contribution in [3.05, 3.63) is 24.8 Å². The number of rotatable bonds is 22. The van der Waals surface area contributed by atoms with Crippen LogP contribution in [0.3, 0.4) is 0 Å². The van der Waals surface area contributed by atoms with Crippen molar-refractivity contribution >= 4 is 69.1 Å². The molecular formula is C27H44N7O17P3S. The van der Waals surface area contributed by atoms with E-state index < -0.39 is 84.6 Å². The Balaban J connectivity index is 1.49. The van der Waals surface area contributed by atoms with E-state index in [1.54, 1.807) is 6.08 Å². The van der Waals surface area contributed by atoms with Gasteiger partial charge in [0.25, 0.3) is 0 Å². The molecule has 0 bridgehead atoms. The summed E-state index contributed by atoms with van der Waals surface area (Å²) in [6.07, 6.45) is -1.97. The van der Waals surface area contributed by atoms with Gasteiger partial charge in [-0.2, -0.15) is 4.31 Å². The van der Waals surface area contributed by atoms with E-state index in [-0.39, 0.29) is 41.6 Å². The van der Waals surface area contributed by atoms with E-state index in [0.717, 1.165) is 41.8 Å². The second-order valence-corrected chi connectivity index (χ2v) is 17.8. The van der Waals surface area contributed by atoms with Crippen molar-refractivity contribution in [3.63, 3.8) is 0 Å². The fourth-order valence-corrected chi connectivity index (χ4v) is 8.10. The van der Waals surface area contributed by atoms with Crippen LogP contribution in [0.2, 0.25) is 0 Å². The number of carbonyl (C=O) groups excluding carboxylic acids is 3. The van der Waals surface area contributed by atoms with Crippen LogP contribution in [0.25, 0.3) is 11.2 Å². The van der Waals surface area contributed by atoms with Gasteiger partial charge in [-0.25, -0.2) is 28.6 Å². The highest BCUT2D eigenvalue weighted by atomic mass is 32.2. The first-order valence-corrected chi connectivity index (χ1v) is 21.8. The third kappa shape index (κ3) is 14.6. The number of nitrogen functional groups attached to an aromatic ring is 1. The van der Waals surface area contributed by atoms with E-state index in [2.05, 4.69) is 34.4 Å². The second kappa shape index (κ2) is 20.1. The highest BCUT2D eigenvalue weighted by molar-refractivity contribution is 8.14. The average Bonchev–Trinajstić information content (AvgIpc) is 3.64. The Hall–Kier alpha value is -2.70. The second-order valence-electron chi connectivity index (χ2n) is 12.4. The molecule has 0 saturated carbocycles. The number of anilines is 1. The summed E-state index contributed by atoms with van der Waals surface area (Å²) in [6.45, 7) is 2.47. The number of aliphatic hydroxyl groups is 2. The Kier molecular flexibility index (Phi) is 17.1. The van der Waals surface area contributed by atoms with Crippen molar-refractivity contribution in [1.82, 2.24) is 30.2 Å². The molecule has 55 heavy (non-hydrogen) atoms. The normalized spacial score (nSPS) is 22.0. The van der Waals surface area contributed by atoms with Crippen molar-refractivity contribution < 1.29 is 80.5 Å². The van der Waals surface area contributed by atoms with Gasteiger partial charge < -0.3 is 50.9 Å². The number of hydrogen-bond acceptors (Lipinski definition) is 18. The lowest BCUT2D eigenvalue weighted by molar-refractivity contribution is -0.137. The molecule has 2 amide bonds. The van der Waals surface area contributed by atoms with Gasteiger partial charge in [0.15, 0.2) is 17.7 Å². The number of unbranched alkanes of at least 4 members (excludes halogenated alkanes) is 1. The first kappa shape index (κ1) is 46.7. The van der Waals surface area contributed by atoms with E-state index in [0.29, 0.717) is 5.75 Å². The summed E-state index contributed by atoms with van der Waals surface area (Å²) in [5.41, 5.74) is 4.26. The molecule has 0 spiro atoms. The van der Waals surface area contributed by atoms with E-state index in [4.69, 9.17) is 19.5 Å². The minimum Gasteiger partial charge on any atom is -0.386 e. The lowest BCUT2D eigenvalue weighted by atomic mass is 9.87. The van der Waals surface area contributed by atoms with Gasteiger partial charge in [0.1, 0.15) is 36.3 Å². The van der Waals surface area contributed by atoms with E-state index in [1.807, 2.05) is 6.92 Å². The molecule has 0 aromatic carbocycles. The van der Waals surface area contributed by atoms with Crippen molar-refractivity contribution in [2.75, 3.05) is 37.8 Å². The van der Waals surface area contributed by atoms with Gasteiger partial charge in [-0.1, -0.05) is 45.0 Å². The maximum absolute atomic E-state index is 12.7. The van der Waals surface area contributed by atoms with Gasteiger partial charge in [0.05, 0.1) is 19.5 Å². The van der Waals surface area contributed by atoms with Crippen LogP contribution in [0.1, 0.15) is 46.3 Å². The number of amides is 2. The average molecular weight is 864 g/mol. The summed E-state index contributed by atoms with van der Waals surface area (Å²) < 4.78 is 62.0. The van der Waals surface area contributed by atoms with Crippen LogP contribution in [0.15, 0.2) is 24.8 Å². The molecular weight excluding hydrogens is 819 g/mol. The van der Waals surface area contributed by atoms with Crippen LogP contribution >= 0.6 is 35.2 Å². The maximum Gasteiger partial charge on any atom is 0.481 e. The molecule has 3 rings (SSSR count). The summed E-state index contributed by atoms with van der Waals surface area (Å²) in [5, 5.41) is 26.2. The Bertz CT molecular complexity index is 1830. The third-order valence-electron chi connectivity index (χ3n) is 7.46. The molecule has 10 N–H and O–H groups in total. The molecule has 0 radical (unpaired) electrons. The highest BCUT2D eigenvalue weighted by Crippen LogP contribution is 2.61. The number of nitrogens with zero attached hydrogens (tertiary/aromatic N) is 4. The Morgan fingerprint density at radius 2 is 1.78 bits per heavy atom. The zero-order chi connectivity index (χ0) is 41.2. The SMILES string of the molecule is CCCC=CC(=O)SCCNC(=O)CCNC(=O)[C@H](O)C(C)(C)COP(=O)(O)OP(=O)(O)OC[C@H]1O[C@@H](n2cnc3c(N)ncnc32)[C@H](O)[C@@H]1OP(=O)(O)O. The van der Waals surface area contributed by atoms with Crippen molar-refractivity contribution in [3.8, 4) is 0 Å². The molecule has 28 heteroatoms. The van der Waals surface area contributed by atoms with Gasteiger partial charge in [-0.3, -0.25) is 32.5 Å². The van der Waals surface area contributed by atoms with Crippen molar-refractivity contribution in [1.29, 1.82) is 0 Å². The van der Waals surface area contributed by atoms with Crippen LogP contribution in [0, 0.1) is 5.41 Å². The molecule has 24 nitrogen and oxygen atoms in total. The number of aromatic nitrogens is 4. The summed E-state index contributed by atoms with van der Waals surface area (Å²) in [5.74, 6) is -1.12. The quantitative estimate of drug-likeness (QED) is 0.0428. The molecule has 1 aliphatic heterocycles. The topological polar surface area (TPSA) is 364 Å². The van der Waals surface area contributed by atoms with Gasteiger partial charge in [-0.05, 0) is 12.5 Å². The zero-order valence-corrected chi connectivity index (χ0v) is 33.1. The molecule has 1 saturated heterocycles. The number of ether oxygens (including phenoxy) is 1. The lowest BCUT2D eigenvalue weighted by Gasteiger charge is -2.30. The van der Waals surface area contributed by atoms with Gasteiger partial charge in [-0.15, -0.1) is 0 Å². The number of aliphatic hydroxyl groups excluding tert-OH is 2. The van der Waals surface area contributed by atoms with Gasteiger partial charge >= 0.3 is 23.5 Å². The van der Waals surface area contributed by atoms with Crippen LogP contribution in [0.4, 0.5) is 5.82 Å². The first-order chi connectivity index (χ1) is 25.6. The number of phosphoric acid groups is 3. The number of phosphoric ester groups is 3. The molecule has 2 unspecified atom stereocenters. The molecule has 0 aliphatic carbocycles. The molecule has 2 aromatic heterocycles. The van der Waals surface area contributed by atoms with E-state index in [9.17, 15) is 57.9 Å². The summed E-state index contributed by atoms with van der Waals surface area (Å²) in [4.78, 5) is 87.2. The number of thioether (sulfide) groups is 1. The number of carbonyl (C=O) groups is 3. The summed E-state index contributed by atoms with van der Waals surface area (Å²) in [6, 6.07) is 0. The molecule has 3 heterocycles. The van der Waals surface area contributed by atoms with E-state index >= 15 is 0 Å². The van der Waals surface area contributed by atoms with Crippen molar-refractivity contribution in [2.45, 2.75) is 70.7 Å². The molecule has 1 aliphatic rings. The molecule has 7 atom stereocenters. The lowest BCUT2D eigenvalue weighted by Crippen LogP contribution is -2.46. The zero-order valence-electron chi connectivity index (χ0n) is 29.6. The number of fused-ring (bicyclic) bond motifs is 1. The highest BCUT2D eigenvalue weighted by Gasteiger charge is 2.50. The molecule has 2 aromatic rings. The smallest absolute Gasteiger partial charge is 0.386 e. The Morgan fingerprint density at radius 1 is 1.09 bits per heavy atom. The number of allylic oxidation sites excluding steroid dienone is 1. The van der Waals surface area contributed by atoms with Crippen LogP contribution in [-0.4, -0.2) is 123 Å². The van der Waals surface area contributed by atoms with Crippen LogP contribution < -0.4 is 16.4 Å².